The third-order valence-corrected chi connectivity index (χ3v) is 2.51. The third-order valence-electron chi connectivity index (χ3n) is 1.66. The van der Waals surface area contributed by atoms with Crippen molar-refractivity contribution in [2.45, 2.75) is 11.8 Å². The number of ether oxygens (including phenoxy) is 1. The van der Waals surface area contributed by atoms with Crippen molar-refractivity contribution < 1.29 is 9.53 Å². The molecule has 1 rings (SSSR count). The zero-order valence-electron chi connectivity index (χ0n) is 7.62. The lowest BCUT2D eigenvalue weighted by Gasteiger charge is -2.08. The molecule has 1 heterocycles. The van der Waals surface area contributed by atoms with E-state index in [-0.39, 0.29) is 12.0 Å². The van der Waals surface area contributed by atoms with Gasteiger partial charge in [-0.15, -0.1) is 11.6 Å². The first-order valence-corrected chi connectivity index (χ1v) is 5.35. The van der Waals surface area contributed by atoms with Gasteiger partial charge in [0.05, 0.1) is 17.7 Å². The summed E-state index contributed by atoms with van der Waals surface area (Å²) in [5.74, 6) is 0. The SMILES string of the molecule is O=COCCC(Cl)c1cc(Cl)cc(Cl)n1. The van der Waals surface area contributed by atoms with Gasteiger partial charge in [0.25, 0.3) is 6.47 Å². The molecule has 1 aromatic heterocycles. The first kappa shape index (κ1) is 12.6. The molecule has 0 spiro atoms. The highest BCUT2D eigenvalue weighted by Crippen LogP contribution is 2.26. The van der Waals surface area contributed by atoms with Crippen molar-refractivity contribution in [1.82, 2.24) is 4.98 Å². The van der Waals surface area contributed by atoms with Crippen LogP contribution in [-0.4, -0.2) is 18.1 Å². The molecular weight excluding hydrogens is 260 g/mol. The predicted octanol–water partition coefficient (Wildman–Crippen LogP) is 3.23. The molecule has 0 aliphatic heterocycles. The number of halogens is 3. The smallest absolute Gasteiger partial charge is 0.293 e. The van der Waals surface area contributed by atoms with E-state index in [1.165, 1.54) is 6.07 Å². The molecule has 0 radical (unpaired) electrons. The molecule has 0 saturated carbocycles. The second-order valence-electron chi connectivity index (χ2n) is 2.76. The van der Waals surface area contributed by atoms with E-state index in [0.29, 0.717) is 28.8 Å². The van der Waals surface area contributed by atoms with E-state index < -0.39 is 0 Å². The predicted molar refractivity (Wildman–Crippen MR) is 59.5 cm³/mol. The van der Waals surface area contributed by atoms with Gasteiger partial charge < -0.3 is 4.74 Å². The van der Waals surface area contributed by atoms with E-state index in [1.54, 1.807) is 6.07 Å². The average molecular weight is 269 g/mol. The summed E-state index contributed by atoms with van der Waals surface area (Å²) < 4.78 is 4.53. The topological polar surface area (TPSA) is 39.2 Å². The first-order chi connectivity index (χ1) is 7.13. The minimum Gasteiger partial charge on any atom is -0.468 e. The minimum absolute atomic E-state index is 0.240. The van der Waals surface area contributed by atoms with Crippen molar-refractivity contribution in [3.05, 3.63) is 28.0 Å². The molecule has 0 saturated heterocycles. The average Bonchev–Trinajstić information content (AvgIpc) is 2.16. The van der Waals surface area contributed by atoms with Gasteiger partial charge >= 0.3 is 0 Å². The van der Waals surface area contributed by atoms with Gasteiger partial charge in [0.1, 0.15) is 5.15 Å². The molecule has 0 aliphatic rings. The largest absolute Gasteiger partial charge is 0.468 e. The maximum Gasteiger partial charge on any atom is 0.293 e. The van der Waals surface area contributed by atoms with E-state index in [9.17, 15) is 4.79 Å². The fourth-order valence-electron chi connectivity index (χ4n) is 1.01. The van der Waals surface area contributed by atoms with Crippen molar-refractivity contribution in [1.29, 1.82) is 0 Å². The number of hydrogen-bond donors (Lipinski definition) is 0. The summed E-state index contributed by atoms with van der Waals surface area (Å²) >= 11 is 17.5. The Labute approximate surface area is 102 Å². The molecule has 0 aliphatic carbocycles. The lowest BCUT2D eigenvalue weighted by molar-refractivity contribution is -0.128. The van der Waals surface area contributed by atoms with Gasteiger partial charge in [-0.05, 0) is 12.1 Å². The van der Waals surface area contributed by atoms with Crippen molar-refractivity contribution in [2.24, 2.45) is 0 Å². The van der Waals surface area contributed by atoms with Crippen LogP contribution in [0.15, 0.2) is 12.1 Å². The Balaban J connectivity index is 2.64. The van der Waals surface area contributed by atoms with Crippen LogP contribution in [0.5, 0.6) is 0 Å². The quantitative estimate of drug-likeness (QED) is 0.356. The maximum atomic E-state index is 9.91. The van der Waals surface area contributed by atoms with Crippen molar-refractivity contribution in [3.63, 3.8) is 0 Å². The molecule has 15 heavy (non-hydrogen) atoms. The number of carbonyl (C=O) groups excluding carboxylic acids is 1. The summed E-state index contributed by atoms with van der Waals surface area (Å²) in [4.78, 5) is 13.9. The Hall–Kier alpha value is -0.510. The molecule has 82 valence electrons. The normalized spacial score (nSPS) is 12.2. The van der Waals surface area contributed by atoms with Gasteiger partial charge in [0.15, 0.2) is 0 Å². The number of rotatable bonds is 5. The monoisotopic (exact) mass is 267 g/mol. The van der Waals surface area contributed by atoms with Crippen molar-refractivity contribution in [3.8, 4) is 0 Å². The minimum atomic E-state index is -0.374. The van der Waals surface area contributed by atoms with Crippen LogP contribution in [0.1, 0.15) is 17.5 Å². The van der Waals surface area contributed by atoms with E-state index >= 15 is 0 Å². The highest BCUT2D eigenvalue weighted by molar-refractivity contribution is 6.34. The molecule has 1 unspecified atom stereocenters. The van der Waals surface area contributed by atoms with Crippen molar-refractivity contribution in [2.75, 3.05) is 6.61 Å². The van der Waals surface area contributed by atoms with Crippen LogP contribution in [0.4, 0.5) is 0 Å². The summed E-state index contributed by atoms with van der Waals surface area (Å²) in [5.41, 5.74) is 0.573. The van der Waals surface area contributed by atoms with E-state index in [4.69, 9.17) is 34.8 Å². The Morgan fingerprint density at radius 2 is 2.20 bits per heavy atom. The fraction of sp³-hybridized carbons (Fsp3) is 0.333. The Morgan fingerprint density at radius 3 is 2.80 bits per heavy atom. The van der Waals surface area contributed by atoms with Gasteiger partial charge in [0.2, 0.25) is 0 Å². The Morgan fingerprint density at radius 1 is 1.47 bits per heavy atom. The number of carbonyl (C=O) groups is 1. The molecule has 3 nitrogen and oxygen atoms in total. The maximum absolute atomic E-state index is 9.91. The molecular formula is C9H8Cl3NO2. The van der Waals surface area contributed by atoms with Crippen LogP contribution < -0.4 is 0 Å². The summed E-state index contributed by atoms with van der Waals surface area (Å²) in [6.07, 6.45) is 0.462. The van der Waals surface area contributed by atoms with Crippen LogP contribution in [0.3, 0.4) is 0 Å². The highest BCUT2D eigenvalue weighted by Gasteiger charge is 2.11. The fourth-order valence-corrected chi connectivity index (χ4v) is 1.70. The number of pyridine rings is 1. The Bertz CT molecular complexity index is 326. The summed E-state index contributed by atoms with van der Waals surface area (Å²) in [7, 11) is 0. The molecule has 1 atom stereocenters. The molecule has 0 fully saturated rings. The first-order valence-electron chi connectivity index (χ1n) is 4.16. The lowest BCUT2D eigenvalue weighted by Crippen LogP contribution is -2.00. The summed E-state index contributed by atoms with van der Waals surface area (Å²) in [6.45, 7) is 0.617. The molecule has 0 bridgehead atoms. The second kappa shape index (κ2) is 6.16. The molecule has 1 aromatic rings. The zero-order chi connectivity index (χ0) is 11.3. The van der Waals surface area contributed by atoms with Crippen LogP contribution in [0.2, 0.25) is 10.2 Å². The van der Waals surface area contributed by atoms with Gasteiger partial charge in [0, 0.05) is 11.4 Å². The molecule has 6 heteroatoms. The number of nitrogens with zero attached hydrogens (tertiary/aromatic N) is 1. The van der Waals surface area contributed by atoms with E-state index in [0.717, 1.165) is 0 Å². The van der Waals surface area contributed by atoms with Gasteiger partial charge in [-0.3, -0.25) is 4.79 Å². The van der Waals surface area contributed by atoms with Gasteiger partial charge in [-0.2, -0.15) is 0 Å². The molecule has 0 N–H and O–H groups in total. The van der Waals surface area contributed by atoms with Crippen molar-refractivity contribution >= 4 is 41.3 Å². The molecule has 0 aromatic carbocycles. The third kappa shape index (κ3) is 4.24. The Kier molecular flexibility index (Phi) is 5.15. The van der Waals surface area contributed by atoms with Crippen LogP contribution in [0, 0.1) is 0 Å². The number of aromatic nitrogens is 1. The number of alkyl halides is 1. The molecule has 0 amide bonds. The summed E-state index contributed by atoms with van der Waals surface area (Å²) in [6, 6.07) is 3.16. The highest BCUT2D eigenvalue weighted by atomic mass is 35.5. The lowest BCUT2D eigenvalue weighted by atomic mass is 10.2. The number of hydrogen-bond acceptors (Lipinski definition) is 3. The van der Waals surface area contributed by atoms with E-state index in [2.05, 4.69) is 9.72 Å². The van der Waals surface area contributed by atoms with Crippen LogP contribution in [0.25, 0.3) is 0 Å². The standard InChI is InChI=1S/C9H8Cl3NO2/c10-6-3-8(13-9(12)4-6)7(11)1-2-15-5-14/h3-5,7H,1-2H2. The second-order valence-corrected chi connectivity index (χ2v) is 4.11. The summed E-state index contributed by atoms with van der Waals surface area (Å²) in [5, 5.41) is 0.396. The van der Waals surface area contributed by atoms with E-state index in [1.807, 2.05) is 0 Å². The van der Waals surface area contributed by atoms with Crippen LogP contribution in [-0.2, 0) is 9.53 Å². The van der Waals surface area contributed by atoms with Crippen LogP contribution >= 0.6 is 34.8 Å². The van der Waals surface area contributed by atoms with Gasteiger partial charge in [-0.25, -0.2) is 4.98 Å². The zero-order valence-corrected chi connectivity index (χ0v) is 9.89. The van der Waals surface area contributed by atoms with Gasteiger partial charge in [-0.1, -0.05) is 23.2 Å².